The van der Waals surface area contributed by atoms with Crippen molar-refractivity contribution in [2.24, 2.45) is 0 Å². The minimum absolute atomic E-state index is 0.425. The molecule has 0 aliphatic heterocycles. The van der Waals surface area contributed by atoms with Gasteiger partial charge in [0.15, 0.2) is 0 Å². The lowest BCUT2D eigenvalue weighted by atomic mass is 11.3. The summed E-state index contributed by atoms with van der Waals surface area (Å²) in [7, 11) is -7.67. The lowest BCUT2D eigenvalue weighted by molar-refractivity contribution is 0.0778. The monoisotopic (exact) mass is 522 g/mol. The fourth-order valence-electron chi connectivity index (χ4n) is 6.24. The van der Waals surface area contributed by atoms with Crippen LogP contribution in [0.25, 0.3) is 0 Å². The maximum absolute atomic E-state index is 12.4. The van der Waals surface area contributed by atoms with Gasteiger partial charge in [0.1, 0.15) is 0 Å². The second-order valence-electron chi connectivity index (χ2n) is 15.3. The molecule has 3 nitrogen and oxygen atoms in total. The first kappa shape index (κ1) is 30.6. The van der Waals surface area contributed by atoms with Gasteiger partial charge in [-0.3, -0.25) is 0 Å². The molecule has 0 spiro atoms. The molecule has 180 valence electrons. The number of ether oxygens (including phenoxy) is 2. The summed E-state index contributed by atoms with van der Waals surface area (Å²) < 4.78 is 11.3. The van der Waals surface area contributed by atoms with Crippen LogP contribution in [0.15, 0.2) is 0 Å². The van der Waals surface area contributed by atoms with Gasteiger partial charge in [-0.25, -0.2) is 4.79 Å². The number of hydrogen-bond donors (Lipinski definition) is 0. The van der Waals surface area contributed by atoms with Crippen LogP contribution in [0.4, 0.5) is 4.79 Å². The molecule has 0 aromatic carbocycles. The smallest absolute Gasteiger partial charge is 0.438 e. The van der Waals surface area contributed by atoms with Crippen molar-refractivity contribution in [1.29, 1.82) is 0 Å². The third kappa shape index (κ3) is 16.2. The predicted octanol–water partition coefficient (Wildman–Crippen LogP) is 7.88. The molecule has 0 aliphatic carbocycles. The molecule has 0 unspecified atom stereocenters. The topological polar surface area (TPSA) is 35.5 Å². The Hall–Kier alpha value is 0.571. The molecule has 0 atom stereocenters. The van der Waals surface area contributed by atoms with E-state index in [9.17, 15) is 4.79 Å². The fraction of sp³-hybridized carbons (Fsp3) is 0.952. The maximum atomic E-state index is 12.4. The predicted molar refractivity (Wildman–Crippen MR) is 153 cm³/mol. The average molecular weight is 523 g/mol. The fourth-order valence-corrected chi connectivity index (χ4v) is 55.0. The highest BCUT2D eigenvalue weighted by Gasteiger charge is 2.38. The number of carbonyl (C=O) groups excluding carboxylic acids is 1. The Labute approximate surface area is 195 Å². The number of rotatable bonds is 12. The van der Waals surface area contributed by atoms with Gasteiger partial charge in [-0.15, -0.1) is 0 Å². The highest BCUT2D eigenvalue weighted by atomic mass is 28.4. The van der Waals surface area contributed by atoms with Crippen molar-refractivity contribution in [2.75, 3.05) is 12.5 Å². The lowest BCUT2D eigenvalue weighted by Gasteiger charge is -2.36. The zero-order valence-corrected chi connectivity index (χ0v) is 29.0. The van der Waals surface area contributed by atoms with Gasteiger partial charge in [-0.2, -0.15) is 0 Å². The van der Waals surface area contributed by atoms with Crippen molar-refractivity contribution >= 4 is 54.6 Å². The van der Waals surface area contributed by atoms with Crippen LogP contribution >= 0.6 is 0 Å². The van der Waals surface area contributed by atoms with Gasteiger partial charge in [-0.1, -0.05) is 114 Å². The second-order valence-corrected chi connectivity index (χ2v) is 49.1. The standard InChI is InChI=1S/C21H54O3Si6/c1-25(2,3)17-29(11,12)19-27(7,8)15-23-21(22)24-16-28(9,10)20-30(13,14)18-26(4,5)6/h15-20H2,1-14H3. The molecule has 0 rings (SSSR count). The van der Waals surface area contributed by atoms with E-state index in [1.165, 1.54) is 22.7 Å². The molecule has 0 aromatic heterocycles. The zero-order valence-electron chi connectivity index (χ0n) is 23.0. The molecule has 0 saturated heterocycles. The first-order chi connectivity index (χ1) is 12.9. The lowest BCUT2D eigenvalue weighted by Crippen LogP contribution is -2.48. The molecular formula is C21H54O3Si6. The molecule has 9 heteroatoms. The van der Waals surface area contributed by atoms with E-state index in [2.05, 4.69) is 91.7 Å². The number of carbonyl (C=O) groups is 1. The summed E-state index contributed by atoms with van der Waals surface area (Å²) >= 11 is 0. The van der Waals surface area contributed by atoms with E-state index in [0.717, 1.165) is 0 Å². The Morgan fingerprint density at radius 2 is 0.733 bits per heavy atom. The summed E-state index contributed by atoms with van der Waals surface area (Å²) in [6, 6.07) is 0. The van der Waals surface area contributed by atoms with Crippen molar-refractivity contribution in [3.8, 4) is 0 Å². The van der Waals surface area contributed by atoms with Crippen molar-refractivity contribution < 1.29 is 14.3 Å². The summed E-state index contributed by atoms with van der Waals surface area (Å²) in [5, 5.41) is 0. The highest BCUT2D eigenvalue weighted by Crippen LogP contribution is 2.29. The molecule has 0 bridgehead atoms. The minimum Gasteiger partial charge on any atom is -0.438 e. The van der Waals surface area contributed by atoms with Crippen LogP contribution in [-0.2, 0) is 9.47 Å². The molecule has 0 fully saturated rings. The Bertz CT molecular complexity index is 512. The molecular weight excluding hydrogens is 469 g/mol. The van der Waals surface area contributed by atoms with Crippen LogP contribution in [-0.4, -0.2) is 67.1 Å². The molecule has 0 amide bonds. The van der Waals surface area contributed by atoms with E-state index in [4.69, 9.17) is 9.47 Å². The molecule has 0 N–H and O–H groups in total. The average Bonchev–Trinajstić information content (AvgIpc) is 2.34. The first-order valence-corrected chi connectivity index (χ1v) is 32.8. The third-order valence-electron chi connectivity index (χ3n) is 5.09. The molecule has 0 aromatic rings. The molecule has 0 aliphatic rings. The van der Waals surface area contributed by atoms with E-state index in [1.54, 1.807) is 0 Å². The normalized spacial score (nSPS) is 14.6. The number of hydrogen-bond acceptors (Lipinski definition) is 3. The van der Waals surface area contributed by atoms with Gasteiger partial charge in [-0.05, 0) is 0 Å². The Morgan fingerprint density at radius 1 is 0.467 bits per heavy atom. The summed E-state index contributed by atoms with van der Waals surface area (Å²) in [6.45, 7) is 34.5. The van der Waals surface area contributed by atoms with Gasteiger partial charge < -0.3 is 9.47 Å². The Kier molecular flexibility index (Phi) is 10.9. The van der Waals surface area contributed by atoms with Crippen molar-refractivity contribution in [2.45, 2.75) is 114 Å². The highest BCUT2D eigenvalue weighted by molar-refractivity contribution is 7.03. The second kappa shape index (κ2) is 10.7. The van der Waals surface area contributed by atoms with E-state index in [1.807, 2.05) is 0 Å². The quantitative estimate of drug-likeness (QED) is 0.193. The van der Waals surface area contributed by atoms with Crippen molar-refractivity contribution in [3.05, 3.63) is 0 Å². The van der Waals surface area contributed by atoms with Gasteiger partial charge in [0.05, 0.1) is 28.6 Å². The van der Waals surface area contributed by atoms with Crippen LogP contribution in [0.3, 0.4) is 0 Å². The van der Waals surface area contributed by atoms with Gasteiger partial charge in [0.25, 0.3) is 0 Å². The van der Waals surface area contributed by atoms with E-state index in [-0.39, 0.29) is 0 Å². The maximum Gasteiger partial charge on any atom is 0.507 e. The van der Waals surface area contributed by atoms with Gasteiger partial charge in [0.2, 0.25) is 0 Å². The van der Waals surface area contributed by atoms with Crippen molar-refractivity contribution in [1.82, 2.24) is 0 Å². The molecule has 0 saturated carbocycles. The van der Waals surface area contributed by atoms with E-state index < -0.39 is 54.6 Å². The molecule has 30 heavy (non-hydrogen) atoms. The van der Waals surface area contributed by atoms with Crippen LogP contribution < -0.4 is 0 Å². The summed E-state index contributed by atoms with van der Waals surface area (Å²) in [6.07, 6.45) is 0.781. The van der Waals surface area contributed by atoms with Crippen LogP contribution in [0.1, 0.15) is 0 Å². The molecule has 0 radical (unpaired) electrons. The Balaban J connectivity index is 4.63. The van der Waals surface area contributed by atoms with Crippen molar-refractivity contribution in [3.63, 3.8) is 0 Å². The van der Waals surface area contributed by atoms with Gasteiger partial charge >= 0.3 is 6.16 Å². The summed E-state index contributed by atoms with van der Waals surface area (Å²) in [5.41, 5.74) is 5.57. The SMILES string of the molecule is C[Si](C)(C)C[Si](C)(C)C[Si](C)(C)COC(=O)OC[Si](C)(C)C[Si](C)(C)C[Si](C)(C)C. The third-order valence-corrected chi connectivity index (χ3v) is 38.4. The van der Waals surface area contributed by atoms with Crippen LogP contribution in [0.5, 0.6) is 0 Å². The van der Waals surface area contributed by atoms with E-state index >= 15 is 0 Å². The van der Waals surface area contributed by atoms with Crippen LogP contribution in [0.2, 0.25) is 114 Å². The largest absolute Gasteiger partial charge is 0.507 e. The molecule has 0 heterocycles. The first-order valence-electron chi connectivity index (χ1n) is 11.7. The van der Waals surface area contributed by atoms with E-state index in [0.29, 0.717) is 12.5 Å². The van der Waals surface area contributed by atoms with Gasteiger partial charge in [0, 0.05) is 32.3 Å². The summed E-state index contributed by atoms with van der Waals surface area (Å²) in [4.78, 5) is 12.4. The minimum atomic E-state index is -1.56. The summed E-state index contributed by atoms with van der Waals surface area (Å²) in [5.74, 6) is 0. The van der Waals surface area contributed by atoms with Crippen LogP contribution in [0, 0.1) is 0 Å². The zero-order chi connectivity index (χ0) is 24.2. The Morgan fingerprint density at radius 3 is 0.967 bits per heavy atom.